The number of aryl methyl sites for hydroxylation is 1. The summed E-state index contributed by atoms with van der Waals surface area (Å²) in [7, 11) is 0. The van der Waals surface area contributed by atoms with E-state index in [-0.39, 0.29) is 30.0 Å². The first-order valence-electron chi connectivity index (χ1n) is 6.73. The first kappa shape index (κ1) is 15.0. The Bertz CT molecular complexity index is 612. The fraction of sp³-hybridized carbons (Fsp3) is 0.333. The minimum absolute atomic E-state index is 0.177. The molecule has 2 aromatic rings. The number of carbonyl (C=O) groups is 1. The molecule has 0 unspecified atom stereocenters. The van der Waals surface area contributed by atoms with Crippen LogP contribution in [0.2, 0.25) is 0 Å². The van der Waals surface area contributed by atoms with Crippen molar-refractivity contribution in [2.45, 2.75) is 26.4 Å². The number of para-hydroxylation sites is 1. The number of amides is 1. The second-order valence-corrected chi connectivity index (χ2v) is 4.61. The Labute approximate surface area is 122 Å². The van der Waals surface area contributed by atoms with Crippen LogP contribution in [0.15, 0.2) is 34.9 Å². The molecule has 1 aromatic carbocycles. The van der Waals surface area contributed by atoms with Gasteiger partial charge in [-0.05, 0) is 25.5 Å². The van der Waals surface area contributed by atoms with Crippen LogP contribution in [0.3, 0.4) is 0 Å². The molecule has 21 heavy (non-hydrogen) atoms. The van der Waals surface area contributed by atoms with E-state index in [0.29, 0.717) is 12.2 Å². The largest absolute Gasteiger partial charge is 0.486 e. The number of halogens is 1. The maximum atomic E-state index is 13.5. The Morgan fingerprint density at radius 3 is 2.86 bits per heavy atom. The molecule has 0 radical (unpaired) electrons. The highest BCUT2D eigenvalue weighted by Gasteiger charge is 2.15. The van der Waals surface area contributed by atoms with Crippen LogP contribution in [0, 0.1) is 12.7 Å². The Hall–Kier alpha value is -2.37. The molecule has 0 aliphatic rings. The van der Waals surface area contributed by atoms with Crippen LogP contribution in [-0.2, 0) is 0 Å². The summed E-state index contributed by atoms with van der Waals surface area (Å²) in [6.07, 6.45) is 0.311. The monoisotopic (exact) mass is 292 g/mol. The van der Waals surface area contributed by atoms with Gasteiger partial charge in [-0.2, -0.15) is 0 Å². The number of nitrogens with one attached hydrogen (secondary N) is 1. The third kappa shape index (κ3) is 4.05. The van der Waals surface area contributed by atoms with Gasteiger partial charge in [-0.3, -0.25) is 4.79 Å². The van der Waals surface area contributed by atoms with Gasteiger partial charge in [-0.1, -0.05) is 24.2 Å². The minimum Gasteiger partial charge on any atom is -0.486 e. The van der Waals surface area contributed by atoms with Gasteiger partial charge in [0, 0.05) is 6.07 Å². The second-order valence-electron chi connectivity index (χ2n) is 4.61. The topological polar surface area (TPSA) is 64.4 Å². The summed E-state index contributed by atoms with van der Waals surface area (Å²) in [4.78, 5) is 11.8. The third-order valence-corrected chi connectivity index (χ3v) is 2.94. The molecule has 1 N–H and O–H groups in total. The molecular formula is C15H17FN2O3. The molecule has 0 aliphatic heterocycles. The molecule has 6 heteroatoms. The molecule has 0 aliphatic carbocycles. The number of aromatic nitrogens is 1. The quantitative estimate of drug-likeness (QED) is 0.889. The summed E-state index contributed by atoms with van der Waals surface area (Å²) >= 11 is 0. The predicted molar refractivity (Wildman–Crippen MR) is 74.7 cm³/mol. The zero-order valence-corrected chi connectivity index (χ0v) is 11.9. The third-order valence-electron chi connectivity index (χ3n) is 2.94. The Morgan fingerprint density at radius 1 is 1.48 bits per heavy atom. The van der Waals surface area contributed by atoms with Gasteiger partial charge >= 0.3 is 0 Å². The molecule has 112 valence electrons. The first-order valence-corrected chi connectivity index (χ1v) is 6.73. The second kappa shape index (κ2) is 6.88. The zero-order chi connectivity index (χ0) is 15.2. The van der Waals surface area contributed by atoms with E-state index in [1.54, 1.807) is 31.2 Å². The Balaban J connectivity index is 1.91. The molecule has 0 fully saturated rings. The van der Waals surface area contributed by atoms with Crippen molar-refractivity contribution < 1.29 is 18.4 Å². The average molecular weight is 292 g/mol. The molecule has 2 rings (SSSR count). The summed E-state index contributed by atoms with van der Waals surface area (Å²) in [6, 6.07) is 7.73. The van der Waals surface area contributed by atoms with Crippen molar-refractivity contribution >= 4 is 5.91 Å². The van der Waals surface area contributed by atoms with Crippen LogP contribution >= 0.6 is 0 Å². The molecular weight excluding hydrogens is 275 g/mol. The Kier molecular flexibility index (Phi) is 4.92. The predicted octanol–water partition coefficient (Wildman–Crippen LogP) is 2.71. The van der Waals surface area contributed by atoms with Crippen molar-refractivity contribution in [2.24, 2.45) is 0 Å². The molecule has 1 aromatic heterocycles. The number of carbonyl (C=O) groups excluding carboxylic acids is 1. The lowest BCUT2D eigenvalue weighted by atomic mass is 10.2. The first-order chi connectivity index (χ1) is 10.1. The van der Waals surface area contributed by atoms with Crippen molar-refractivity contribution in [2.75, 3.05) is 6.54 Å². The normalized spacial score (nSPS) is 12.0. The van der Waals surface area contributed by atoms with E-state index >= 15 is 0 Å². The van der Waals surface area contributed by atoms with Crippen LogP contribution in [0.25, 0.3) is 0 Å². The van der Waals surface area contributed by atoms with Crippen LogP contribution in [0.4, 0.5) is 4.39 Å². The standard InChI is InChI=1S/C15H17FN2O3/c1-3-11(20-14-7-5-4-6-12(14)16)9-17-15(19)13-8-10(2)21-18-13/h4-8,11H,3,9H2,1-2H3,(H,17,19)/t11-/m0/s1. The van der Waals surface area contributed by atoms with E-state index in [9.17, 15) is 9.18 Å². The zero-order valence-electron chi connectivity index (χ0n) is 11.9. The summed E-state index contributed by atoms with van der Waals surface area (Å²) < 4.78 is 23.9. The van der Waals surface area contributed by atoms with Crippen LogP contribution in [-0.4, -0.2) is 23.7 Å². The lowest BCUT2D eigenvalue weighted by molar-refractivity contribution is 0.0915. The SMILES string of the molecule is CC[C@@H](CNC(=O)c1cc(C)on1)Oc1ccccc1F. The van der Waals surface area contributed by atoms with E-state index in [1.165, 1.54) is 6.07 Å². The number of ether oxygens (including phenoxy) is 1. The molecule has 0 saturated heterocycles. The summed E-state index contributed by atoms with van der Waals surface area (Å²) in [5.41, 5.74) is 0.216. The van der Waals surface area contributed by atoms with Crippen molar-refractivity contribution in [3.05, 3.63) is 47.6 Å². The number of hydrogen-bond donors (Lipinski definition) is 1. The van der Waals surface area contributed by atoms with Gasteiger partial charge in [0.05, 0.1) is 6.54 Å². The lowest BCUT2D eigenvalue weighted by Crippen LogP contribution is -2.35. The maximum absolute atomic E-state index is 13.5. The number of hydrogen-bond acceptors (Lipinski definition) is 4. The maximum Gasteiger partial charge on any atom is 0.273 e. The van der Waals surface area contributed by atoms with Gasteiger partial charge < -0.3 is 14.6 Å². The molecule has 1 amide bonds. The van der Waals surface area contributed by atoms with Crippen molar-refractivity contribution in [1.29, 1.82) is 0 Å². The van der Waals surface area contributed by atoms with Gasteiger partial charge in [0.2, 0.25) is 0 Å². The van der Waals surface area contributed by atoms with E-state index in [0.717, 1.165) is 0 Å². The molecule has 0 spiro atoms. The number of nitrogens with zero attached hydrogens (tertiary/aromatic N) is 1. The highest BCUT2D eigenvalue weighted by atomic mass is 19.1. The molecule has 5 nitrogen and oxygen atoms in total. The van der Waals surface area contributed by atoms with Crippen molar-refractivity contribution in [3.8, 4) is 5.75 Å². The van der Waals surface area contributed by atoms with Crippen LogP contribution < -0.4 is 10.1 Å². The minimum atomic E-state index is -0.422. The smallest absolute Gasteiger partial charge is 0.273 e. The highest BCUT2D eigenvalue weighted by molar-refractivity contribution is 5.92. The molecule has 0 bridgehead atoms. The van der Waals surface area contributed by atoms with Gasteiger partial charge in [0.1, 0.15) is 11.9 Å². The highest BCUT2D eigenvalue weighted by Crippen LogP contribution is 2.17. The van der Waals surface area contributed by atoms with E-state index in [2.05, 4.69) is 10.5 Å². The van der Waals surface area contributed by atoms with Crippen LogP contribution in [0.1, 0.15) is 29.6 Å². The average Bonchev–Trinajstić information content (AvgIpc) is 2.91. The van der Waals surface area contributed by atoms with Crippen molar-refractivity contribution in [3.63, 3.8) is 0 Å². The van der Waals surface area contributed by atoms with Gasteiger partial charge in [-0.25, -0.2) is 4.39 Å². The van der Waals surface area contributed by atoms with E-state index < -0.39 is 5.82 Å². The molecule has 0 saturated carbocycles. The summed E-state index contributed by atoms with van der Waals surface area (Å²) in [6.45, 7) is 3.87. The van der Waals surface area contributed by atoms with Gasteiger partial charge in [0.15, 0.2) is 17.3 Å². The van der Waals surface area contributed by atoms with E-state index in [1.807, 2.05) is 6.92 Å². The fourth-order valence-corrected chi connectivity index (χ4v) is 1.76. The molecule has 1 atom stereocenters. The summed E-state index contributed by atoms with van der Waals surface area (Å²) in [5.74, 6) is -0.0255. The number of rotatable bonds is 6. The molecule has 1 heterocycles. The Morgan fingerprint density at radius 2 is 2.24 bits per heavy atom. The van der Waals surface area contributed by atoms with Crippen LogP contribution in [0.5, 0.6) is 5.75 Å². The fourth-order valence-electron chi connectivity index (χ4n) is 1.76. The van der Waals surface area contributed by atoms with E-state index in [4.69, 9.17) is 9.26 Å². The summed E-state index contributed by atoms with van der Waals surface area (Å²) in [5, 5.41) is 6.32. The van der Waals surface area contributed by atoms with Gasteiger partial charge in [0.25, 0.3) is 5.91 Å². The van der Waals surface area contributed by atoms with Crippen molar-refractivity contribution in [1.82, 2.24) is 10.5 Å². The number of benzene rings is 1. The lowest BCUT2D eigenvalue weighted by Gasteiger charge is -2.18. The van der Waals surface area contributed by atoms with Gasteiger partial charge in [-0.15, -0.1) is 0 Å².